The summed E-state index contributed by atoms with van der Waals surface area (Å²) in [6.07, 6.45) is 2.26. The summed E-state index contributed by atoms with van der Waals surface area (Å²) in [5.74, 6) is -0.483. The molecule has 0 radical (unpaired) electrons. The summed E-state index contributed by atoms with van der Waals surface area (Å²) in [7, 11) is 0. The monoisotopic (exact) mass is 347 g/mol. The Balaban J connectivity index is 1.75. The normalized spacial score (nSPS) is 11.7. The molecule has 0 aliphatic rings. The molecule has 1 unspecified atom stereocenters. The van der Waals surface area contributed by atoms with Crippen LogP contribution in [0.4, 0.5) is 0 Å². The highest BCUT2D eigenvalue weighted by Gasteiger charge is 2.10. The Labute approximate surface area is 145 Å². The van der Waals surface area contributed by atoms with Crippen LogP contribution in [-0.2, 0) is 16.0 Å². The fraction of sp³-hybridized carbons (Fsp3) is 0.333. The number of ether oxygens (including phenoxy) is 1. The zero-order valence-electron chi connectivity index (χ0n) is 13.5. The minimum Gasteiger partial charge on any atom is -0.482 e. The molecule has 1 aromatic heterocycles. The van der Waals surface area contributed by atoms with Crippen molar-refractivity contribution >= 4 is 23.2 Å². The Kier molecular flexibility index (Phi) is 6.81. The lowest BCUT2D eigenvalue weighted by molar-refractivity contribution is -0.139. The SMILES string of the molecule is CC(NC(=O)CCCc1cccs1)c1ccc(OCC(=O)O)cc1. The van der Waals surface area contributed by atoms with E-state index in [9.17, 15) is 9.59 Å². The molecule has 0 fully saturated rings. The molecule has 5 nitrogen and oxygen atoms in total. The molecule has 2 N–H and O–H groups in total. The Bertz CT molecular complexity index is 652. The first-order valence-electron chi connectivity index (χ1n) is 7.81. The first-order valence-corrected chi connectivity index (χ1v) is 8.69. The van der Waals surface area contributed by atoms with E-state index in [0.717, 1.165) is 18.4 Å². The second kappa shape index (κ2) is 9.08. The average Bonchev–Trinajstić information content (AvgIpc) is 3.06. The summed E-state index contributed by atoms with van der Waals surface area (Å²) in [5.41, 5.74) is 0.948. The predicted octanol–water partition coefficient (Wildman–Crippen LogP) is 3.41. The van der Waals surface area contributed by atoms with Gasteiger partial charge in [-0.3, -0.25) is 4.79 Å². The number of hydrogen-bond donors (Lipinski definition) is 2. The van der Waals surface area contributed by atoms with E-state index < -0.39 is 5.97 Å². The maximum Gasteiger partial charge on any atom is 0.341 e. The fourth-order valence-electron chi connectivity index (χ4n) is 2.27. The molecule has 0 spiro atoms. The van der Waals surface area contributed by atoms with Crippen LogP contribution in [0.5, 0.6) is 5.75 Å². The lowest BCUT2D eigenvalue weighted by Crippen LogP contribution is -2.26. The standard InChI is InChI=1S/C18H21NO4S/c1-13(14-7-9-15(10-8-14)23-12-18(21)22)19-17(20)6-2-4-16-5-3-11-24-16/h3,5,7-11,13H,2,4,6,12H2,1H3,(H,19,20)(H,21,22). The van der Waals surface area contributed by atoms with Crippen LogP contribution >= 0.6 is 11.3 Å². The average molecular weight is 347 g/mol. The van der Waals surface area contributed by atoms with Gasteiger partial charge in [-0.2, -0.15) is 0 Å². The van der Waals surface area contributed by atoms with Crippen LogP contribution in [0.2, 0.25) is 0 Å². The Hall–Kier alpha value is -2.34. The predicted molar refractivity (Wildman–Crippen MR) is 93.4 cm³/mol. The van der Waals surface area contributed by atoms with Crippen molar-refractivity contribution in [2.75, 3.05) is 6.61 Å². The number of hydrogen-bond acceptors (Lipinski definition) is 4. The Morgan fingerprint density at radius 3 is 2.62 bits per heavy atom. The molecule has 24 heavy (non-hydrogen) atoms. The van der Waals surface area contributed by atoms with Gasteiger partial charge < -0.3 is 15.2 Å². The van der Waals surface area contributed by atoms with Crippen molar-refractivity contribution in [1.82, 2.24) is 5.32 Å². The van der Waals surface area contributed by atoms with E-state index in [4.69, 9.17) is 9.84 Å². The van der Waals surface area contributed by atoms with E-state index in [2.05, 4.69) is 11.4 Å². The van der Waals surface area contributed by atoms with Crippen LogP contribution in [-0.4, -0.2) is 23.6 Å². The van der Waals surface area contributed by atoms with E-state index in [1.165, 1.54) is 4.88 Å². The number of rotatable bonds is 9. The molecule has 1 atom stereocenters. The number of aliphatic carboxylic acids is 1. The van der Waals surface area contributed by atoms with E-state index in [1.54, 1.807) is 23.5 Å². The van der Waals surface area contributed by atoms with Crippen LogP contribution in [0.25, 0.3) is 0 Å². The third-order valence-electron chi connectivity index (χ3n) is 3.53. The number of carboxylic acids is 1. The van der Waals surface area contributed by atoms with Gasteiger partial charge in [-0.05, 0) is 48.9 Å². The van der Waals surface area contributed by atoms with Crippen molar-refractivity contribution in [1.29, 1.82) is 0 Å². The first-order chi connectivity index (χ1) is 11.5. The minimum atomic E-state index is -1.01. The number of nitrogens with one attached hydrogen (secondary N) is 1. The van der Waals surface area contributed by atoms with Gasteiger partial charge in [-0.1, -0.05) is 18.2 Å². The molecular weight excluding hydrogens is 326 g/mol. The summed E-state index contributed by atoms with van der Waals surface area (Å²) in [6, 6.07) is 11.1. The first kappa shape index (κ1) is 18.0. The third kappa shape index (κ3) is 6.04. The zero-order chi connectivity index (χ0) is 17.4. The van der Waals surface area contributed by atoms with E-state index >= 15 is 0 Å². The second-order valence-corrected chi connectivity index (χ2v) is 6.51. The van der Waals surface area contributed by atoms with Gasteiger partial charge in [0.15, 0.2) is 6.61 Å². The smallest absolute Gasteiger partial charge is 0.341 e. The van der Waals surface area contributed by atoms with Crippen LogP contribution in [0.15, 0.2) is 41.8 Å². The molecule has 0 bridgehead atoms. The van der Waals surface area contributed by atoms with Crippen molar-refractivity contribution in [3.8, 4) is 5.75 Å². The van der Waals surface area contributed by atoms with Crippen molar-refractivity contribution < 1.29 is 19.4 Å². The highest BCUT2D eigenvalue weighted by molar-refractivity contribution is 7.09. The number of carbonyl (C=O) groups is 2. The van der Waals surface area contributed by atoms with Gasteiger partial charge in [0.05, 0.1) is 6.04 Å². The summed E-state index contributed by atoms with van der Waals surface area (Å²) in [4.78, 5) is 23.8. The molecule has 2 rings (SSSR count). The largest absolute Gasteiger partial charge is 0.482 e. The highest BCUT2D eigenvalue weighted by Crippen LogP contribution is 2.18. The lowest BCUT2D eigenvalue weighted by atomic mass is 10.1. The molecule has 6 heteroatoms. The molecule has 1 heterocycles. The quantitative estimate of drug-likeness (QED) is 0.729. The van der Waals surface area contributed by atoms with Crippen molar-refractivity contribution in [3.05, 3.63) is 52.2 Å². The summed E-state index contributed by atoms with van der Waals surface area (Å²) in [5, 5.41) is 13.6. The summed E-state index contributed by atoms with van der Waals surface area (Å²) >= 11 is 1.71. The molecule has 1 amide bonds. The summed E-state index contributed by atoms with van der Waals surface area (Å²) < 4.78 is 5.09. The van der Waals surface area contributed by atoms with E-state index in [0.29, 0.717) is 12.2 Å². The molecule has 2 aromatic rings. The highest BCUT2D eigenvalue weighted by atomic mass is 32.1. The van der Waals surface area contributed by atoms with Gasteiger partial charge in [-0.15, -0.1) is 11.3 Å². The van der Waals surface area contributed by atoms with Gasteiger partial charge in [0.2, 0.25) is 5.91 Å². The number of aryl methyl sites for hydroxylation is 1. The molecular formula is C18H21NO4S. The van der Waals surface area contributed by atoms with Crippen molar-refractivity contribution in [2.45, 2.75) is 32.2 Å². The second-order valence-electron chi connectivity index (χ2n) is 5.47. The van der Waals surface area contributed by atoms with Crippen LogP contribution in [0, 0.1) is 0 Å². The van der Waals surface area contributed by atoms with Gasteiger partial charge in [-0.25, -0.2) is 4.79 Å². The van der Waals surface area contributed by atoms with Crippen LogP contribution in [0.1, 0.15) is 36.2 Å². The summed E-state index contributed by atoms with van der Waals surface area (Å²) in [6.45, 7) is 1.56. The number of carbonyl (C=O) groups excluding carboxylic acids is 1. The Morgan fingerprint density at radius 1 is 1.25 bits per heavy atom. The maximum atomic E-state index is 12.0. The number of amides is 1. The zero-order valence-corrected chi connectivity index (χ0v) is 14.3. The molecule has 0 aliphatic heterocycles. The van der Waals surface area contributed by atoms with Crippen molar-refractivity contribution in [3.63, 3.8) is 0 Å². The topological polar surface area (TPSA) is 75.6 Å². The van der Waals surface area contributed by atoms with Gasteiger partial charge in [0, 0.05) is 11.3 Å². The number of carboxylic acid groups (broad SMARTS) is 1. The van der Waals surface area contributed by atoms with Crippen LogP contribution in [0.3, 0.4) is 0 Å². The van der Waals surface area contributed by atoms with Gasteiger partial charge in [0.25, 0.3) is 0 Å². The molecule has 0 saturated heterocycles. The van der Waals surface area contributed by atoms with E-state index in [1.807, 2.05) is 30.5 Å². The van der Waals surface area contributed by atoms with Gasteiger partial charge >= 0.3 is 5.97 Å². The molecule has 1 aromatic carbocycles. The number of benzene rings is 1. The van der Waals surface area contributed by atoms with Crippen molar-refractivity contribution in [2.24, 2.45) is 0 Å². The van der Waals surface area contributed by atoms with E-state index in [-0.39, 0.29) is 18.6 Å². The van der Waals surface area contributed by atoms with Crippen LogP contribution < -0.4 is 10.1 Å². The maximum absolute atomic E-state index is 12.0. The Morgan fingerprint density at radius 2 is 2.00 bits per heavy atom. The molecule has 128 valence electrons. The molecule has 0 saturated carbocycles. The van der Waals surface area contributed by atoms with Gasteiger partial charge in [0.1, 0.15) is 5.75 Å². The lowest BCUT2D eigenvalue weighted by Gasteiger charge is -2.15. The number of thiophene rings is 1. The fourth-order valence-corrected chi connectivity index (χ4v) is 3.02. The third-order valence-corrected chi connectivity index (χ3v) is 4.46. The molecule has 0 aliphatic carbocycles. The minimum absolute atomic E-state index is 0.0326.